The topological polar surface area (TPSA) is 110 Å². The Morgan fingerprint density at radius 2 is 2.20 bits per heavy atom. The quantitative estimate of drug-likeness (QED) is 0.456. The van der Waals surface area contributed by atoms with Crippen LogP contribution >= 0.6 is 7.82 Å². The molecule has 1 amide bonds. The second-order valence-corrected chi connectivity index (χ2v) is 2.63. The molecule has 7 heteroatoms. The van der Waals surface area contributed by atoms with Gasteiger partial charge in [0.1, 0.15) is 0 Å². The first kappa shape index (κ1) is 9.58. The van der Waals surface area contributed by atoms with Gasteiger partial charge in [0.15, 0.2) is 0 Å². The van der Waals surface area contributed by atoms with E-state index in [-0.39, 0.29) is 0 Å². The highest BCUT2D eigenvalue weighted by Crippen LogP contribution is 2.35. The molecule has 0 saturated heterocycles. The third-order valence-electron chi connectivity index (χ3n) is 0.527. The summed E-state index contributed by atoms with van der Waals surface area (Å²) in [4.78, 5) is 26.0. The summed E-state index contributed by atoms with van der Waals surface area (Å²) in [6.07, 6.45) is 0.819. The van der Waals surface area contributed by atoms with Gasteiger partial charge in [-0.3, -0.25) is 9.32 Å². The lowest BCUT2D eigenvalue weighted by molar-refractivity contribution is -0.115. The molecule has 59 valence electrons. The molecule has 0 aliphatic heterocycles. The first-order chi connectivity index (χ1) is 4.42. The zero-order chi connectivity index (χ0) is 8.20. The van der Waals surface area contributed by atoms with Gasteiger partial charge >= 0.3 is 7.82 Å². The van der Waals surface area contributed by atoms with Crippen LogP contribution < -0.4 is 5.73 Å². The van der Waals surface area contributed by atoms with Gasteiger partial charge in [-0.05, 0) is 0 Å². The normalized spacial score (nSPS) is 11.4. The largest absolute Gasteiger partial charge is 0.469 e. The molecule has 4 N–H and O–H groups in total. The van der Waals surface area contributed by atoms with E-state index >= 15 is 0 Å². The van der Waals surface area contributed by atoms with Gasteiger partial charge in [-0.25, -0.2) is 4.57 Å². The Labute approximate surface area is 57.2 Å². The van der Waals surface area contributed by atoms with E-state index in [4.69, 9.17) is 9.79 Å². The highest BCUT2D eigenvalue weighted by atomic mass is 31.2. The molecule has 0 aromatic heterocycles. The second kappa shape index (κ2) is 3.68. The number of phosphoric acid groups is 1. The fourth-order valence-electron chi connectivity index (χ4n) is 0.216. The van der Waals surface area contributed by atoms with E-state index in [0.29, 0.717) is 0 Å². The fraction of sp³-hybridized carbons (Fsp3) is 0.333. The Morgan fingerprint density at radius 1 is 1.70 bits per heavy atom. The molecule has 0 fully saturated rings. The highest BCUT2D eigenvalue weighted by Gasteiger charge is 2.13. The average Bonchev–Trinajstić information content (AvgIpc) is 1.59. The summed E-state index contributed by atoms with van der Waals surface area (Å²) in [7, 11) is -4.46. The van der Waals surface area contributed by atoms with Crippen LogP contribution in [0.3, 0.4) is 0 Å². The highest BCUT2D eigenvalue weighted by molar-refractivity contribution is 7.46. The van der Waals surface area contributed by atoms with Crippen molar-refractivity contribution in [2.45, 2.75) is 0 Å². The maximum atomic E-state index is 9.92. The SMILES string of the molecule is NC(=O)[CH]COP(=O)(O)O. The van der Waals surface area contributed by atoms with Gasteiger partial charge in [0, 0.05) is 0 Å². The van der Waals surface area contributed by atoms with Gasteiger partial charge in [0.25, 0.3) is 0 Å². The van der Waals surface area contributed by atoms with Crippen molar-refractivity contribution >= 4 is 13.7 Å². The molecule has 0 atom stereocenters. The number of phosphoric ester groups is 1. The molecule has 0 aliphatic carbocycles. The Kier molecular flexibility index (Phi) is 3.52. The van der Waals surface area contributed by atoms with Crippen LogP contribution in [0.15, 0.2) is 0 Å². The van der Waals surface area contributed by atoms with Crippen LogP contribution in [0.1, 0.15) is 0 Å². The summed E-state index contributed by atoms with van der Waals surface area (Å²) < 4.78 is 13.8. The predicted octanol–water partition coefficient (Wildman–Crippen LogP) is -1.21. The molecule has 0 spiro atoms. The maximum Gasteiger partial charge on any atom is 0.469 e. The number of carbonyl (C=O) groups excluding carboxylic acids is 1. The smallest absolute Gasteiger partial charge is 0.369 e. The van der Waals surface area contributed by atoms with Gasteiger partial charge in [0.05, 0.1) is 13.0 Å². The van der Waals surface area contributed by atoms with Gasteiger partial charge < -0.3 is 15.5 Å². The van der Waals surface area contributed by atoms with Crippen molar-refractivity contribution in [3.63, 3.8) is 0 Å². The lowest BCUT2D eigenvalue weighted by Crippen LogP contribution is -2.13. The average molecular weight is 168 g/mol. The van der Waals surface area contributed by atoms with Gasteiger partial charge in [-0.1, -0.05) is 0 Å². The first-order valence-corrected chi connectivity index (χ1v) is 3.77. The van der Waals surface area contributed by atoms with E-state index < -0.39 is 20.3 Å². The minimum Gasteiger partial charge on any atom is -0.369 e. The van der Waals surface area contributed by atoms with E-state index in [0.717, 1.165) is 6.42 Å². The van der Waals surface area contributed by atoms with Crippen LogP contribution in [0.2, 0.25) is 0 Å². The van der Waals surface area contributed by atoms with Crippen molar-refractivity contribution in [2.24, 2.45) is 5.73 Å². The molecule has 0 rings (SSSR count). The van der Waals surface area contributed by atoms with Crippen molar-refractivity contribution < 1.29 is 23.7 Å². The van der Waals surface area contributed by atoms with Gasteiger partial charge in [-0.15, -0.1) is 0 Å². The van der Waals surface area contributed by atoms with Crippen LogP contribution in [-0.2, 0) is 13.9 Å². The lowest BCUT2D eigenvalue weighted by Gasteiger charge is -2.01. The Balaban J connectivity index is 3.39. The predicted molar refractivity (Wildman–Crippen MR) is 31.5 cm³/mol. The molecule has 0 saturated carbocycles. The Bertz CT molecular complexity index is 162. The van der Waals surface area contributed by atoms with Crippen LogP contribution in [0.5, 0.6) is 0 Å². The monoisotopic (exact) mass is 168 g/mol. The van der Waals surface area contributed by atoms with Gasteiger partial charge in [0.2, 0.25) is 5.91 Å². The summed E-state index contributed by atoms with van der Waals surface area (Å²) in [6, 6.07) is 0. The number of nitrogens with two attached hydrogens (primary N) is 1. The second-order valence-electron chi connectivity index (χ2n) is 1.39. The van der Waals surface area contributed by atoms with Crippen molar-refractivity contribution in [3.8, 4) is 0 Å². The molecule has 0 bridgehead atoms. The third-order valence-corrected chi connectivity index (χ3v) is 1.01. The summed E-state index contributed by atoms with van der Waals surface area (Å²) in [5.74, 6) is -0.784. The van der Waals surface area contributed by atoms with E-state index in [2.05, 4.69) is 10.3 Å². The van der Waals surface area contributed by atoms with Crippen LogP contribution in [0, 0.1) is 6.42 Å². The number of hydrogen-bond donors (Lipinski definition) is 3. The van der Waals surface area contributed by atoms with E-state index in [1.54, 1.807) is 0 Å². The molecular formula is C3H7NO5P. The number of carbonyl (C=O) groups is 1. The number of amides is 1. The minimum atomic E-state index is -4.46. The molecule has 1 radical (unpaired) electrons. The van der Waals surface area contributed by atoms with Crippen molar-refractivity contribution in [1.82, 2.24) is 0 Å². The zero-order valence-electron chi connectivity index (χ0n) is 4.93. The Hall–Kier alpha value is -0.420. The molecule has 10 heavy (non-hydrogen) atoms. The van der Waals surface area contributed by atoms with Crippen LogP contribution in [0.4, 0.5) is 0 Å². The molecule has 0 aliphatic rings. The van der Waals surface area contributed by atoms with E-state index in [1.807, 2.05) is 0 Å². The van der Waals surface area contributed by atoms with Crippen molar-refractivity contribution in [1.29, 1.82) is 0 Å². The van der Waals surface area contributed by atoms with Crippen LogP contribution in [-0.4, -0.2) is 22.3 Å². The number of primary amides is 1. The molecule has 0 aromatic rings. The Morgan fingerprint density at radius 3 is 2.50 bits per heavy atom. The molecule has 6 nitrogen and oxygen atoms in total. The van der Waals surface area contributed by atoms with E-state index in [1.165, 1.54) is 0 Å². The van der Waals surface area contributed by atoms with Crippen LogP contribution in [0.25, 0.3) is 0 Å². The zero-order valence-corrected chi connectivity index (χ0v) is 5.82. The number of hydrogen-bond acceptors (Lipinski definition) is 3. The van der Waals surface area contributed by atoms with Crippen molar-refractivity contribution in [2.75, 3.05) is 6.61 Å². The summed E-state index contributed by atoms with van der Waals surface area (Å²) >= 11 is 0. The van der Waals surface area contributed by atoms with Crippen molar-refractivity contribution in [3.05, 3.63) is 6.42 Å². The molecule has 0 unspecified atom stereocenters. The number of rotatable bonds is 4. The fourth-order valence-corrected chi connectivity index (χ4v) is 0.485. The third kappa shape index (κ3) is 7.58. The molecule has 0 aromatic carbocycles. The van der Waals surface area contributed by atoms with E-state index in [9.17, 15) is 9.36 Å². The first-order valence-electron chi connectivity index (χ1n) is 2.24. The molecule has 0 heterocycles. The lowest BCUT2D eigenvalue weighted by atomic mass is 10.4. The minimum absolute atomic E-state index is 0.473. The summed E-state index contributed by atoms with van der Waals surface area (Å²) in [5.41, 5.74) is 4.59. The molecular weight excluding hydrogens is 161 g/mol. The maximum absolute atomic E-state index is 9.92. The summed E-state index contributed by atoms with van der Waals surface area (Å²) in [5, 5.41) is 0. The standard InChI is InChI=1S/C3H7NO5P/c4-3(5)1-2-9-10(6,7)8/h1H,2H2,(H2,4,5)(H2,6,7,8). The van der Waals surface area contributed by atoms with Gasteiger partial charge in [-0.2, -0.15) is 0 Å². The summed E-state index contributed by atoms with van der Waals surface area (Å²) in [6.45, 7) is -0.473.